The Kier molecular flexibility index (Phi) is 5.69. The van der Waals surface area contributed by atoms with Crippen LogP contribution in [0.5, 0.6) is 0 Å². The molecular weight excluding hydrogens is 433 g/mol. The van der Waals surface area contributed by atoms with E-state index in [0.717, 1.165) is 29.6 Å². The summed E-state index contributed by atoms with van der Waals surface area (Å²) >= 11 is 0. The Morgan fingerprint density at radius 3 is 1.39 bits per heavy atom. The first-order valence-electron chi connectivity index (χ1n) is 6.57. The molecule has 0 unspecified atom stereocenters. The molecule has 1 rings (SSSR count). The summed E-state index contributed by atoms with van der Waals surface area (Å²) in [7, 11) is 0. The first-order valence-corrected chi connectivity index (χ1v) is 6.57. The third kappa shape index (κ3) is 3.34. The highest BCUT2D eigenvalue weighted by Gasteiger charge is 2.91. The fourth-order valence-electron chi connectivity index (χ4n) is 1.64. The topological polar surface area (TPSA) is 29.1 Å². The number of carbonyl (C=O) groups excluding carboxylic acids is 1. The van der Waals surface area contributed by atoms with Crippen molar-refractivity contribution in [2.75, 3.05) is 5.32 Å². The summed E-state index contributed by atoms with van der Waals surface area (Å²) in [5, 5.41) is 0.924. The van der Waals surface area contributed by atoms with Gasteiger partial charge in [0, 0.05) is 5.69 Å². The maximum Gasteiger partial charge on any atom is 0.460 e. The predicted octanol–water partition coefficient (Wildman–Crippen LogP) is 5.36. The number of amides is 1. The van der Waals surface area contributed by atoms with Crippen LogP contribution in [0, 0.1) is 0 Å². The van der Waals surface area contributed by atoms with E-state index in [0.29, 0.717) is 0 Å². The van der Waals surface area contributed by atoms with Crippen molar-refractivity contribution in [1.82, 2.24) is 0 Å². The quantitative estimate of drug-likeness (QED) is 0.594. The second-order valence-corrected chi connectivity index (χ2v) is 5.19. The third-order valence-electron chi connectivity index (χ3n) is 3.25. The van der Waals surface area contributed by atoms with E-state index >= 15 is 0 Å². The summed E-state index contributed by atoms with van der Waals surface area (Å²) in [6.45, 7) is 0. The Bertz CT molecular complexity index is 711. The number of carbonyl (C=O) groups is 1. The average molecular weight is 439 g/mol. The lowest BCUT2D eigenvalue weighted by Crippen LogP contribution is -2.71. The van der Waals surface area contributed by atoms with Gasteiger partial charge < -0.3 is 5.32 Å². The van der Waals surface area contributed by atoms with Gasteiger partial charge in [-0.25, -0.2) is 0 Å². The number of nitrogens with one attached hydrogen (secondary N) is 1. The van der Waals surface area contributed by atoms with E-state index in [1.54, 1.807) is 0 Å². The van der Waals surface area contributed by atoms with Crippen molar-refractivity contribution < 1.29 is 61.9 Å². The summed E-state index contributed by atoms with van der Waals surface area (Å²) in [5.74, 6) is -41.7. The average Bonchev–Trinajstić information content (AvgIpc) is 2.53. The van der Waals surface area contributed by atoms with Gasteiger partial charge in [-0.1, -0.05) is 18.2 Å². The van der Waals surface area contributed by atoms with Crippen LogP contribution >= 0.6 is 0 Å². The third-order valence-corrected chi connectivity index (χ3v) is 3.25. The van der Waals surface area contributed by atoms with E-state index < -0.39 is 47.4 Å². The zero-order valence-electron chi connectivity index (χ0n) is 12.7. The fraction of sp³-hybridized carbons (Fsp3) is 0.462. The van der Waals surface area contributed by atoms with Gasteiger partial charge in [-0.15, -0.1) is 0 Å². The molecule has 0 atom stereocenters. The zero-order chi connectivity index (χ0) is 22.4. The van der Waals surface area contributed by atoms with E-state index in [1.165, 1.54) is 6.07 Å². The number of hydrogen-bond acceptors (Lipinski definition) is 1. The van der Waals surface area contributed by atoms with E-state index in [-0.39, 0.29) is 0 Å². The summed E-state index contributed by atoms with van der Waals surface area (Å²) in [5.41, 5.74) is -0.723. The smallest absolute Gasteiger partial charge is 0.321 e. The first-order chi connectivity index (χ1) is 12.2. The van der Waals surface area contributed by atoms with Crippen molar-refractivity contribution in [1.29, 1.82) is 0 Å². The van der Waals surface area contributed by atoms with Crippen LogP contribution in [0.3, 0.4) is 0 Å². The van der Waals surface area contributed by atoms with Gasteiger partial charge in [-0.05, 0) is 12.1 Å². The minimum Gasteiger partial charge on any atom is -0.321 e. The Hall–Kier alpha value is -2.22. The molecule has 0 aromatic heterocycles. The lowest BCUT2D eigenvalue weighted by atomic mass is 9.93. The van der Waals surface area contributed by atoms with Crippen LogP contribution in [-0.4, -0.2) is 41.7 Å². The molecule has 0 saturated heterocycles. The summed E-state index contributed by atoms with van der Waals surface area (Å²) in [6, 6.07) is 4.79. The maximum absolute atomic E-state index is 13.5. The standard InChI is InChI=1S/C13H6F13NO/c14-8(15,7(28)27-6-4-2-1-3-5-6)9(16,17)10(18,19)11(20,21)12(22,23)13(24,25)26/h1-5H,(H,27,28). The van der Waals surface area contributed by atoms with Crippen molar-refractivity contribution in [2.24, 2.45) is 0 Å². The van der Waals surface area contributed by atoms with Gasteiger partial charge in [0.25, 0.3) is 0 Å². The van der Waals surface area contributed by atoms with Gasteiger partial charge in [0.15, 0.2) is 0 Å². The van der Waals surface area contributed by atoms with Gasteiger partial charge in [0.2, 0.25) is 0 Å². The minimum atomic E-state index is -8.04. The van der Waals surface area contributed by atoms with Crippen molar-refractivity contribution >= 4 is 11.6 Å². The van der Waals surface area contributed by atoms with E-state index in [2.05, 4.69) is 0 Å². The molecule has 0 aliphatic carbocycles. The molecule has 1 N–H and O–H groups in total. The molecule has 0 radical (unpaired) electrons. The highest BCUT2D eigenvalue weighted by atomic mass is 19.4. The molecule has 1 amide bonds. The number of alkyl halides is 13. The summed E-state index contributed by atoms with van der Waals surface area (Å²) < 4.78 is 167. The van der Waals surface area contributed by atoms with Crippen molar-refractivity contribution in [3.63, 3.8) is 0 Å². The molecule has 0 saturated carbocycles. The maximum atomic E-state index is 13.5. The van der Waals surface area contributed by atoms with Crippen molar-refractivity contribution in [3.8, 4) is 0 Å². The van der Waals surface area contributed by atoms with Crippen LogP contribution in [0.25, 0.3) is 0 Å². The normalized spacial score (nSPS) is 14.8. The van der Waals surface area contributed by atoms with Crippen LogP contribution in [0.4, 0.5) is 62.8 Å². The minimum absolute atomic E-state index is 0.723. The van der Waals surface area contributed by atoms with Gasteiger partial charge in [0.05, 0.1) is 0 Å². The summed E-state index contributed by atoms with van der Waals surface area (Å²) in [4.78, 5) is 11.2. The van der Waals surface area contributed by atoms with Crippen LogP contribution in [0.2, 0.25) is 0 Å². The highest BCUT2D eigenvalue weighted by molar-refractivity contribution is 5.97. The molecule has 2 nitrogen and oxygen atoms in total. The van der Waals surface area contributed by atoms with Crippen molar-refractivity contribution in [3.05, 3.63) is 30.3 Å². The number of rotatable bonds is 6. The Labute approximate surface area is 146 Å². The molecule has 0 spiro atoms. The van der Waals surface area contributed by atoms with E-state index in [1.807, 2.05) is 0 Å². The highest BCUT2D eigenvalue weighted by Crippen LogP contribution is 2.60. The second kappa shape index (κ2) is 6.69. The monoisotopic (exact) mass is 439 g/mol. The lowest BCUT2D eigenvalue weighted by molar-refractivity contribution is -0.435. The van der Waals surface area contributed by atoms with Crippen LogP contribution in [0.1, 0.15) is 0 Å². The first kappa shape index (κ1) is 23.8. The molecule has 160 valence electrons. The Morgan fingerprint density at radius 2 is 1.00 bits per heavy atom. The fourth-order valence-corrected chi connectivity index (χ4v) is 1.64. The van der Waals surface area contributed by atoms with Crippen molar-refractivity contribution in [2.45, 2.75) is 35.8 Å². The number of para-hydroxylation sites is 1. The largest absolute Gasteiger partial charge is 0.460 e. The van der Waals surface area contributed by atoms with Gasteiger partial charge in [-0.3, -0.25) is 4.79 Å². The molecule has 0 bridgehead atoms. The Morgan fingerprint density at radius 1 is 0.607 bits per heavy atom. The molecule has 0 aliphatic rings. The van der Waals surface area contributed by atoms with Crippen LogP contribution in [0.15, 0.2) is 30.3 Å². The van der Waals surface area contributed by atoms with E-state index in [4.69, 9.17) is 0 Å². The predicted molar refractivity (Wildman–Crippen MR) is 65.9 cm³/mol. The van der Waals surface area contributed by atoms with Crippen LogP contribution < -0.4 is 5.32 Å². The van der Waals surface area contributed by atoms with Gasteiger partial charge in [-0.2, -0.15) is 57.1 Å². The zero-order valence-corrected chi connectivity index (χ0v) is 12.7. The molecule has 0 aliphatic heterocycles. The summed E-state index contributed by atoms with van der Waals surface area (Å²) in [6.07, 6.45) is -7.50. The number of anilines is 1. The molecular formula is C13H6F13NO. The number of hydrogen-bond donors (Lipinski definition) is 1. The number of halogens is 13. The lowest BCUT2D eigenvalue weighted by Gasteiger charge is -2.39. The molecule has 0 heterocycles. The molecule has 0 fully saturated rings. The van der Waals surface area contributed by atoms with Gasteiger partial charge >= 0.3 is 41.7 Å². The second-order valence-electron chi connectivity index (χ2n) is 5.19. The van der Waals surface area contributed by atoms with E-state index in [9.17, 15) is 61.9 Å². The SMILES string of the molecule is O=C(Nc1ccccc1)C(F)(F)C(F)(F)C(F)(F)C(F)(F)C(F)(F)C(F)(F)F. The van der Waals surface area contributed by atoms with Crippen LogP contribution in [-0.2, 0) is 4.79 Å². The molecule has 1 aromatic carbocycles. The molecule has 28 heavy (non-hydrogen) atoms. The van der Waals surface area contributed by atoms with Gasteiger partial charge in [0.1, 0.15) is 0 Å². The Balaban J connectivity index is 3.38. The molecule has 15 heteroatoms. The number of benzene rings is 1. The molecule has 1 aromatic rings.